The lowest BCUT2D eigenvalue weighted by Crippen LogP contribution is -2.29. The Morgan fingerprint density at radius 1 is 1.52 bits per heavy atom. The molecule has 112 valence electrons. The van der Waals surface area contributed by atoms with Crippen molar-refractivity contribution in [2.75, 3.05) is 6.61 Å². The monoisotopic (exact) mass is 298 g/mol. The number of nitro benzene ring substituents is 1. The Hall–Kier alpha value is -2.17. The van der Waals surface area contributed by atoms with Crippen molar-refractivity contribution in [2.45, 2.75) is 24.6 Å². The molecule has 0 bridgehead atoms. The molecule has 0 unspecified atom stereocenters. The fourth-order valence-corrected chi connectivity index (χ4v) is 2.34. The summed E-state index contributed by atoms with van der Waals surface area (Å²) in [6.45, 7) is -0.596. The topological polar surface area (TPSA) is 124 Å². The van der Waals surface area contributed by atoms with E-state index < -0.39 is 36.1 Å². The second-order valence-corrected chi connectivity index (χ2v) is 4.62. The maximum atomic E-state index is 13.7. The first-order valence-corrected chi connectivity index (χ1v) is 6.11. The van der Waals surface area contributed by atoms with Crippen LogP contribution >= 0.6 is 0 Å². The average Bonchev–Trinajstić information content (AvgIpc) is 3.01. The van der Waals surface area contributed by atoms with Gasteiger partial charge in [0.05, 0.1) is 17.0 Å². The Bertz CT molecular complexity index is 692. The van der Waals surface area contributed by atoms with Crippen molar-refractivity contribution in [3.63, 3.8) is 0 Å². The van der Waals surface area contributed by atoms with Gasteiger partial charge in [-0.1, -0.05) is 11.3 Å². The van der Waals surface area contributed by atoms with E-state index in [1.807, 2.05) is 0 Å². The number of aliphatic hydroxyl groups excluding tert-OH is 2. The third-order valence-corrected chi connectivity index (χ3v) is 3.39. The number of nitrogens with zero attached hydrogens (tertiary/aromatic N) is 4. The molecule has 0 spiro atoms. The van der Waals surface area contributed by atoms with Crippen LogP contribution in [0.4, 0.5) is 10.1 Å². The average molecular weight is 298 g/mol. The van der Waals surface area contributed by atoms with E-state index in [0.29, 0.717) is 0 Å². The van der Waals surface area contributed by atoms with Crippen LogP contribution < -0.4 is 0 Å². The summed E-state index contributed by atoms with van der Waals surface area (Å²) >= 11 is 0. The highest BCUT2D eigenvalue weighted by atomic mass is 19.1. The maximum absolute atomic E-state index is 13.7. The molecule has 1 aliphatic rings. The number of fused-ring (bicyclic) bond motifs is 1. The Kier molecular flexibility index (Phi) is 3.27. The second kappa shape index (κ2) is 4.98. The standard InChI is InChI=1S/C11H11FN4O5/c12-8-7(4-17)21-11(10(8)18)15-5-2-1-3-6(16(19)20)9(5)13-14-15/h1-3,7-8,10-11,17-18H,4H2/t7-,8-,10-,11-/m1/s1. The van der Waals surface area contributed by atoms with Crippen LogP contribution in [0.25, 0.3) is 11.0 Å². The van der Waals surface area contributed by atoms with Crippen molar-refractivity contribution in [1.82, 2.24) is 15.0 Å². The maximum Gasteiger partial charge on any atom is 0.299 e. The van der Waals surface area contributed by atoms with E-state index in [0.717, 1.165) is 4.68 Å². The molecule has 1 fully saturated rings. The zero-order valence-corrected chi connectivity index (χ0v) is 10.5. The largest absolute Gasteiger partial charge is 0.394 e. The smallest absolute Gasteiger partial charge is 0.299 e. The highest BCUT2D eigenvalue weighted by Crippen LogP contribution is 2.33. The molecule has 3 rings (SSSR count). The van der Waals surface area contributed by atoms with Crippen molar-refractivity contribution < 1.29 is 24.3 Å². The van der Waals surface area contributed by atoms with Crippen molar-refractivity contribution >= 4 is 16.7 Å². The fourth-order valence-electron chi connectivity index (χ4n) is 2.34. The van der Waals surface area contributed by atoms with Gasteiger partial charge in [0, 0.05) is 6.07 Å². The van der Waals surface area contributed by atoms with Crippen LogP contribution in [0.15, 0.2) is 18.2 Å². The zero-order chi connectivity index (χ0) is 15.1. The summed E-state index contributed by atoms with van der Waals surface area (Å²) in [6, 6.07) is 4.19. The minimum absolute atomic E-state index is 0.0150. The lowest BCUT2D eigenvalue weighted by Gasteiger charge is -2.14. The van der Waals surface area contributed by atoms with Crippen molar-refractivity contribution in [1.29, 1.82) is 0 Å². The van der Waals surface area contributed by atoms with Gasteiger partial charge in [0.2, 0.25) is 0 Å². The predicted molar refractivity (Wildman–Crippen MR) is 66.1 cm³/mol. The molecule has 9 nitrogen and oxygen atoms in total. The number of rotatable bonds is 3. The SMILES string of the molecule is O=[N+]([O-])c1cccc2c1nnn2[C@@H]1O[C@H](CO)[C@@H](F)[C@H]1O. The molecule has 0 amide bonds. The summed E-state index contributed by atoms with van der Waals surface area (Å²) in [7, 11) is 0. The highest BCUT2D eigenvalue weighted by molar-refractivity contribution is 5.83. The molecule has 10 heteroatoms. The summed E-state index contributed by atoms with van der Waals surface area (Å²) < 4.78 is 20.0. The van der Waals surface area contributed by atoms with E-state index in [1.54, 1.807) is 0 Å². The number of halogens is 1. The van der Waals surface area contributed by atoms with Crippen LogP contribution in [0.5, 0.6) is 0 Å². The Morgan fingerprint density at radius 3 is 2.90 bits per heavy atom. The third kappa shape index (κ3) is 2.04. The van der Waals surface area contributed by atoms with Gasteiger partial charge in [0.1, 0.15) is 12.2 Å². The number of non-ortho nitro benzene ring substituents is 1. The zero-order valence-electron chi connectivity index (χ0n) is 10.5. The molecule has 4 atom stereocenters. The molecule has 1 aromatic carbocycles. The van der Waals surface area contributed by atoms with Crippen LogP contribution in [-0.4, -0.2) is 55.1 Å². The van der Waals surface area contributed by atoms with E-state index in [4.69, 9.17) is 9.84 Å². The van der Waals surface area contributed by atoms with Crippen molar-refractivity contribution in [3.05, 3.63) is 28.3 Å². The predicted octanol–water partition coefficient (Wildman–Crippen LogP) is -0.0718. The number of hydrogen-bond donors (Lipinski definition) is 2. The van der Waals surface area contributed by atoms with E-state index in [1.165, 1.54) is 18.2 Å². The molecule has 1 aromatic heterocycles. The molecule has 2 N–H and O–H groups in total. The number of benzene rings is 1. The molecule has 1 saturated heterocycles. The first-order chi connectivity index (χ1) is 10.0. The lowest BCUT2D eigenvalue weighted by atomic mass is 10.1. The number of ether oxygens (including phenoxy) is 1. The van der Waals surface area contributed by atoms with E-state index in [2.05, 4.69) is 10.3 Å². The van der Waals surface area contributed by atoms with Gasteiger partial charge in [0.25, 0.3) is 5.69 Å². The van der Waals surface area contributed by atoms with Gasteiger partial charge in [-0.05, 0) is 6.07 Å². The normalized spacial score (nSPS) is 29.1. The van der Waals surface area contributed by atoms with Crippen LogP contribution in [-0.2, 0) is 4.74 Å². The first-order valence-electron chi connectivity index (χ1n) is 6.11. The van der Waals surface area contributed by atoms with Gasteiger partial charge in [-0.2, -0.15) is 0 Å². The molecular weight excluding hydrogens is 287 g/mol. The van der Waals surface area contributed by atoms with Gasteiger partial charge < -0.3 is 14.9 Å². The number of aliphatic hydroxyl groups is 2. The van der Waals surface area contributed by atoms with Gasteiger partial charge in [-0.3, -0.25) is 10.1 Å². The molecule has 21 heavy (non-hydrogen) atoms. The number of hydrogen-bond acceptors (Lipinski definition) is 7. The van der Waals surface area contributed by atoms with Gasteiger partial charge in [-0.15, -0.1) is 5.10 Å². The van der Waals surface area contributed by atoms with E-state index in [-0.39, 0.29) is 16.7 Å². The summed E-state index contributed by atoms with van der Waals surface area (Å²) in [4.78, 5) is 10.3. The summed E-state index contributed by atoms with van der Waals surface area (Å²) in [6.07, 6.45) is -5.71. The molecule has 0 radical (unpaired) electrons. The second-order valence-electron chi connectivity index (χ2n) is 4.62. The minimum Gasteiger partial charge on any atom is -0.394 e. The van der Waals surface area contributed by atoms with Crippen LogP contribution in [0.3, 0.4) is 0 Å². The van der Waals surface area contributed by atoms with Crippen LogP contribution in [0.1, 0.15) is 6.23 Å². The Morgan fingerprint density at radius 2 is 2.29 bits per heavy atom. The molecule has 0 saturated carbocycles. The lowest BCUT2D eigenvalue weighted by molar-refractivity contribution is -0.383. The van der Waals surface area contributed by atoms with Crippen molar-refractivity contribution in [2.24, 2.45) is 0 Å². The number of alkyl halides is 1. The quantitative estimate of drug-likeness (QED) is 0.600. The van der Waals surface area contributed by atoms with Gasteiger partial charge in [-0.25, -0.2) is 9.07 Å². The Labute approximate surface area is 116 Å². The third-order valence-electron chi connectivity index (χ3n) is 3.39. The van der Waals surface area contributed by atoms with Crippen LogP contribution in [0.2, 0.25) is 0 Å². The fraction of sp³-hybridized carbons (Fsp3) is 0.455. The molecular formula is C11H11FN4O5. The van der Waals surface area contributed by atoms with E-state index >= 15 is 0 Å². The van der Waals surface area contributed by atoms with Gasteiger partial charge in [0.15, 0.2) is 17.9 Å². The number of aromatic nitrogens is 3. The summed E-state index contributed by atoms with van der Waals surface area (Å²) in [5.74, 6) is 0. The van der Waals surface area contributed by atoms with Gasteiger partial charge >= 0.3 is 0 Å². The number of nitro groups is 1. The highest BCUT2D eigenvalue weighted by Gasteiger charge is 2.46. The first kappa shape index (κ1) is 13.8. The molecule has 1 aliphatic heterocycles. The summed E-state index contributed by atoms with van der Waals surface area (Å²) in [5, 5.41) is 37.1. The molecule has 2 aromatic rings. The van der Waals surface area contributed by atoms with Crippen molar-refractivity contribution in [3.8, 4) is 0 Å². The Balaban J connectivity index is 2.06. The minimum atomic E-state index is -1.78. The molecule has 0 aliphatic carbocycles. The summed E-state index contributed by atoms with van der Waals surface area (Å²) in [5.41, 5.74) is 0.00180. The van der Waals surface area contributed by atoms with E-state index in [9.17, 15) is 19.6 Å². The van der Waals surface area contributed by atoms with Crippen LogP contribution in [0, 0.1) is 10.1 Å². The molecule has 2 heterocycles.